The summed E-state index contributed by atoms with van der Waals surface area (Å²) in [6.45, 7) is 6.19. The molecule has 0 saturated heterocycles. The summed E-state index contributed by atoms with van der Waals surface area (Å²) in [7, 11) is 0. The van der Waals surface area contributed by atoms with Crippen LogP contribution in [-0.4, -0.2) is 96.4 Å². The van der Waals surface area contributed by atoms with Gasteiger partial charge in [0.15, 0.2) is 23.1 Å². The number of carbonyl (C=O) groups is 5. The van der Waals surface area contributed by atoms with Gasteiger partial charge in [-0.05, 0) is 117 Å². The molecule has 0 spiro atoms. The fourth-order valence-electron chi connectivity index (χ4n) is 7.87. The van der Waals surface area contributed by atoms with E-state index in [0.717, 1.165) is 63.3 Å². The van der Waals surface area contributed by atoms with Gasteiger partial charge in [-0.25, -0.2) is 46.3 Å². The number of alkyl halides is 6. The molecule has 4 heterocycles. The summed E-state index contributed by atoms with van der Waals surface area (Å²) >= 11 is 14.2. The molecule has 0 saturated carbocycles. The summed E-state index contributed by atoms with van der Waals surface area (Å²) in [5, 5.41) is 44.9. The van der Waals surface area contributed by atoms with E-state index < -0.39 is 128 Å². The molecule has 1 amide bonds. The molecular weight excluding hydrogens is 1490 g/mol. The number of aromatic carboxylic acids is 3. The van der Waals surface area contributed by atoms with E-state index in [4.69, 9.17) is 26.2 Å². The van der Waals surface area contributed by atoms with Crippen molar-refractivity contribution in [3.8, 4) is 23.3 Å². The highest BCUT2D eigenvalue weighted by atomic mass is 79.9. The van der Waals surface area contributed by atoms with Gasteiger partial charge in [0.25, 0.3) is 11.1 Å². The van der Waals surface area contributed by atoms with Crippen molar-refractivity contribution >= 4 is 99.8 Å². The Morgan fingerprint density at radius 1 is 0.532 bits per heavy atom. The molecule has 0 aliphatic heterocycles. The smallest absolute Gasteiger partial charge is 0.421 e. The van der Waals surface area contributed by atoms with Crippen molar-refractivity contribution in [2.75, 3.05) is 10.2 Å². The van der Waals surface area contributed by atoms with Crippen molar-refractivity contribution in [3.05, 3.63) is 221 Å². The zero-order valence-corrected chi connectivity index (χ0v) is 53.6. The van der Waals surface area contributed by atoms with E-state index in [1.165, 1.54) is 75.0 Å². The molecule has 4 aromatic heterocycles. The van der Waals surface area contributed by atoms with Crippen LogP contribution < -0.4 is 19.7 Å². The van der Waals surface area contributed by atoms with Crippen LogP contribution in [0.4, 0.5) is 59.7 Å². The lowest BCUT2D eigenvalue weighted by atomic mass is 10.1. The average molecular weight is 1540 g/mol. The SMILES string of the molecule is CC(C)N(C(=O)c1ccc(Br)cc1F)c1cc(F)c(Oc2ncc(Cn3nccn3)cc2C(F)(F)F)cc1C(=O)O.CC(C)Nc1cc(F)c(Oc2ncc(Cn3nccn3)cc2C(F)(F)F)cc1C(=O)O.O=C(Cl)c1ccc(Br)cc1F.O=C(O)c1ccc(Br)cc1F. The quantitative estimate of drug-likeness (QED) is 0.0487. The van der Waals surface area contributed by atoms with E-state index in [-0.39, 0.29) is 52.6 Å². The molecule has 0 bridgehead atoms. The van der Waals surface area contributed by atoms with Crippen molar-refractivity contribution in [1.29, 1.82) is 0 Å². The lowest BCUT2D eigenvalue weighted by Crippen LogP contribution is -2.38. The minimum absolute atomic E-state index is 0.0292. The van der Waals surface area contributed by atoms with Gasteiger partial charge >= 0.3 is 30.3 Å². The van der Waals surface area contributed by atoms with Crippen molar-refractivity contribution in [3.63, 3.8) is 0 Å². The molecule has 0 aliphatic rings. The Kier molecular flexibility index (Phi) is 25.0. The van der Waals surface area contributed by atoms with Gasteiger partial charge in [-0.15, -0.1) is 0 Å². The van der Waals surface area contributed by atoms with Crippen LogP contribution in [0.1, 0.15) is 102 Å². The summed E-state index contributed by atoms with van der Waals surface area (Å²) in [6, 6.07) is 14.9. The normalized spacial score (nSPS) is 11.1. The monoisotopic (exact) mass is 1530 g/mol. The van der Waals surface area contributed by atoms with Gasteiger partial charge in [-0.2, -0.15) is 56.3 Å². The van der Waals surface area contributed by atoms with E-state index in [2.05, 4.69) is 83.5 Å². The molecule has 494 valence electrons. The first-order valence-electron chi connectivity index (χ1n) is 26.2. The molecule has 0 unspecified atom stereocenters. The number of aromatic nitrogens is 8. The highest BCUT2D eigenvalue weighted by Crippen LogP contribution is 2.42. The predicted molar refractivity (Wildman–Crippen MR) is 324 cm³/mol. The molecule has 20 nitrogen and oxygen atoms in total. The van der Waals surface area contributed by atoms with Crippen molar-refractivity contribution in [2.45, 2.75) is 65.2 Å². The maximum atomic E-state index is 15.3. The first kappa shape index (κ1) is 73.6. The summed E-state index contributed by atoms with van der Waals surface area (Å²) < 4.78 is 164. The largest absolute Gasteiger partial charge is 0.478 e. The van der Waals surface area contributed by atoms with Crippen LogP contribution >= 0.6 is 59.4 Å². The van der Waals surface area contributed by atoms with Crippen LogP contribution in [0, 0.1) is 29.1 Å². The minimum Gasteiger partial charge on any atom is -0.478 e. The van der Waals surface area contributed by atoms with Crippen LogP contribution in [0.2, 0.25) is 0 Å². The average Bonchev–Trinajstić information content (AvgIpc) is 0.857. The summed E-state index contributed by atoms with van der Waals surface area (Å²) in [4.78, 5) is 68.2. The Morgan fingerprint density at radius 2 is 0.915 bits per heavy atom. The Balaban J connectivity index is 0.000000229. The van der Waals surface area contributed by atoms with Crippen molar-refractivity contribution < 1.29 is 97.1 Å². The third kappa shape index (κ3) is 20.1. The highest BCUT2D eigenvalue weighted by Gasteiger charge is 2.38. The van der Waals surface area contributed by atoms with Gasteiger partial charge < -0.3 is 35.0 Å². The van der Waals surface area contributed by atoms with Gasteiger partial charge in [0.1, 0.15) is 28.6 Å². The minimum atomic E-state index is -4.97. The van der Waals surface area contributed by atoms with Crippen LogP contribution in [0.25, 0.3) is 0 Å². The number of nitrogens with one attached hydrogen (secondary N) is 1. The Hall–Kier alpha value is -9.41. The van der Waals surface area contributed by atoms with Gasteiger partial charge in [-0.3, -0.25) is 9.59 Å². The van der Waals surface area contributed by atoms with E-state index in [1.54, 1.807) is 19.9 Å². The van der Waals surface area contributed by atoms with Gasteiger partial charge in [0.05, 0.1) is 77.1 Å². The Bertz CT molecular complexity index is 4190. The van der Waals surface area contributed by atoms with E-state index in [1.807, 2.05) is 0 Å². The molecule has 0 atom stereocenters. The van der Waals surface area contributed by atoms with Crippen LogP contribution in [-0.2, 0) is 25.4 Å². The van der Waals surface area contributed by atoms with Gasteiger partial charge in [-0.1, -0.05) is 47.8 Å². The predicted octanol–water partition coefficient (Wildman–Crippen LogP) is 15.8. The van der Waals surface area contributed by atoms with E-state index in [0.29, 0.717) is 25.6 Å². The second-order valence-corrected chi connectivity index (χ2v) is 22.6. The number of carboxylic acid groups (broad SMARTS) is 3. The van der Waals surface area contributed by atoms with Crippen LogP contribution in [0.3, 0.4) is 0 Å². The Labute approximate surface area is 553 Å². The number of pyridine rings is 2. The molecule has 35 heteroatoms. The number of halogens is 15. The molecule has 0 radical (unpaired) electrons. The number of hydrogen-bond donors (Lipinski definition) is 4. The molecule has 5 aromatic carbocycles. The third-order valence-corrected chi connectivity index (χ3v) is 13.6. The standard InChI is InChI=1S/C26H19BrF5N5O4.C19H17F4N5O3.C7H3BrClFO.C7H4BrFO2/c1-13(2)37(24(38)16-4-3-15(27)8-19(16)28)21-10-20(29)22(9-17(21)25(39)40)41-23-18(26(30,31)32)7-14(11-33-23)12-36-34-5-6-35-36;1-10(2)27-15-7-14(20)16(6-12(15)18(29)30)31-17-13(19(21,22)23)5-11(8-24-17)9-28-25-3-4-26-28;8-4-1-2-5(7(9)11)6(10)3-4;8-4-1-2-5(7(10)11)6(9)3-4/h3-11,13H,12H2,1-2H3,(H,39,40);3-8,10,27H,9H2,1-2H3,(H,29,30);1-3H;1-3H,(H,10,11). The lowest BCUT2D eigenvalue weighted by Gasteiger charge is -2.29. The number of rotatable bonds is 17. The molecule has 94 heavy (non-hydrogen) atoms. The maximum Gasteiger partial charge on any atom is 0.421 e. The van der Waals surface area contributed by atoms with Gasteiger partial charge in [0, 0.05) is 62.2 Å². The van der Waals surface area contributed by atoms with Crippen LogP contribution in [0.15, 0.2) is 142 Å². The highest BCUT2D eigenvalue weighted by molar-refractivity contribution is 9.11. The van der Waals surface area contributed by atoms with E-state index >= 15 is 4.39 Å². The summed E-state index contributed by atoms with van der Waals surface area (Å²) in [5.74, 6) is -13.4. The first-order valence-corrected chi connectivity index (χ1v) is 29.0. The number of amides is 1. The summed E-state index contributed by atoms with van der Waals surface area (Å²) in [5.41, 5.74) is -4.77. The maximum absolute atomic E-state index is 15.3. The number of carboxylic acids is 3. The van der Waals surface area contributed by atoms with Gasteiger partial charge in [0.2, 0.25) is 11.8 Å². The van der Waals surface area contributed by atoms with Crippen molar-refractivity contribution in [2.24, 2.45) is 0 Å². The number of nitrogens with zero attached hydrogens (tertiary/aromatic N) is 9. The number of hydrogen-bond acceptors (Lipinski definition) is 14. The number of anilines is 2. The fraction of sp³-hybridized carbons (Fsp3) is 0.169. The molecule has 9 aromatic rings. The fourth-order valence-corrected chi connectivity index (χ4v) is 9.03. The Morgan fingerprint density at radius 3 is 1.28 bits per heavy atom. The number of ether oxygens (including phenoxy) is 2. The molecule has 4 N–H and O–H groups in total. The zero-order valence-electron chi connectivity index (χ0n) is 48.1. The zero-order chi connectivity index (χ0) is 69.7. The first-order chi connectivity index (χ1) is 44.0. The number of benzene rings is 5. The molecule has 0 fully saturated rings. The second-order valence-electron chi connectivity index (χ2n) is 19.5. The van der Waals surface area contributed by atoms with E-state index in [9.17, 15) is 78.1 Å². The lowest BCUT2D eigenvalue weighted by molar-refractivity contribution is -0.139. The third-order valence-electron chi connectivity index (χ3n) is 11.9. The molecular formula is C59H43Br3ClF11N10O10. The van der Waals surface area contributed by atoms with Crippen molar-refractivity contribution in [1.82, 2.24) is 40.0 Å². The van der Waals surface area contributed by atoms with Crippen LogP contribution in [0.5, 0.6) is 23.3 Å². The molecule has 0 aliphatic carbocycles. The number of carbonyl (C=O) groups excluding carboxylic acids is 2. The summed E-state index contributed by atoms with van der Waals surface area (Å²) in [6.07, 6.45) is -2.26. The molecule has 9 rings (SSSR count). The second kappa shape index (κ2) is 31.9. The topological polar surface area (TPSA) is 267 Å².